The molecule has 0 radical (unpaired) electrons. The smallest absolute Gasteiger partial charge is 0.229 e. The molecular weight excluding hydrogens is 294 g/mol. The van der Waals surface area contributed by atoms with Crippen LogP contribution in [0.3, 0.4) is 0 Å². The maximum absolute atomic E-state index is 12.4. The minimum absolute atomic E-state index is 0.112. The van der Waals surface area contributed by atoms with Crippen LogP contribution in [0.15, 0.2) is 28.8 Å². The second-order valence-electron chi connectivity index (χ2n) is 6.01. The van der Waals surface area contributed by atoms with Crippen molar-refractivity contribution < 1.29 is 14.1 Å². The third-order valence-corrected chi connectivity index (χ3v) is 4.03. The predicted molar refractivity (Wildman–Crippen MR) is 86.2 cm³/mol. The van der Waals surface area contributed by atoms with E-state index in [2.05, 4.69) is 10.5 Å². The molecule has 1 unspecified atom stereocenters. The van der Waals surface area contributed by atoms with Crippen molar-refractivity contribution in [2.45, 2.75) is 27.2 Å². The van der Waals surface area contributed by atoms with E-state index in [0.717, 1.165) is 16.8 Å². The Balaban J connectivity index is 1.70. The molecule has 0 saturated carbocycles. The monoisotopic (exact) mass is 313 g/mol. The van der Waals surface area contributed by atoms with Crippen LogP contribution in [-0.2, 0) is 9.59 Å². The SMILES string of the molecule is Cc1ccc(NC(=O)C2CC(=O)N(c3cc(C)on3)C2)c(C)c1. The van der Waals surface area contributed by atoms with Crippen molar-refractivity contribution >= 4 is 23.3 Å². The number of hydrogen-bond donors (Lipinski definition) is 1. The Labute approximate surface area is 134 Å². The first-order valence-corrected chi connectivity index (χ1v) is 7.56. The Hall–Kier alpha value is -2.63. The molecule has 1 N–H and O–H groups in total. The summed E-state index contributed by atoms with van der Waals surface area (Å²) in [6.45, 7) is 6.04. The molecule has 1 fully saturated rings. The summed E-state index contributed by atoms with van der Waals surface area (Å²) in [6, 6.07) is 7.55. The lowest BCUT2D eigenvalue weighted by molar-refractivity contribution is -0.122. The van der Waals surface area contributed by atoms with Crippen molar-refractivity contribution in [3.8, 4) is 0 Å². The molecule has 120 valence electrons. The van der Waals surface area contributed by atoms with Gasteiger partial charge >= 0.3 is 0 Å². The van der Waals surface area contributed by atoms with Gasteiger partial charge in [-0.15, -0.1) is 0 Å². The number of aryl methyl sites for hydroxylation is 3. The van der Waals surface area contributed by atoms with Crippen LogP contribution in [0.4, 0.5) is 11.5 Å². The highest BCUT2D eigenvalue weighted by molar-refractivity contribution is 6.03. The summed E-state index contributed by atoms with van der Waals surface area (Å²) in [4.78, 5) is 26.1. The molecule has 3 rings (SSSR count). The molecule has 6 heteroatoms. The molecule has 1 saturated heterocycles. The molecule has 6 nitrogen and oxygen atoms in total. The van der Waals surface area contributed by atoms with Crippen molar-refractivity contribution in [3.63, 3.8) is 0 Å². The maximum Gasteiger partial charge on any atom is 0.229 e. The highest BCUT2D eigenvalue weighted by Gasteiger charge is 2.36. The fourth-order valence-corrected chi connectivity index (χ4v) is 2.77. The van der Waals surface area contributed by atoms with Crippen molar-refractivity contribution in [1.82, 2.24) is 5.16 Å². The highest BCUT2D eigenvalue weighted by atomic mass is 16.5. The lowest BCUT2D eigenvalue weighted by Gasteiger charge is -2.14. The fraction of sp³-hybridized carbons (Fsp3) is 0.353. The number of hydrogen-bond acceptors (Lipinski definition) is 4. The summed E-state index contributed by atoms with van der Waals surface area (Å²) in [5.41, 5.74) is 2.93. The van der Waals surface area contributed by atoms with Gasteiger partial charge in [-0.3, -0.25) is 14.5 Å². The van der Waals surface area contributed by atoms with Gasteiger partial charge in [-0.05, 0) is 32.4 Å². The zero-order valence-electron chi connectivity index (χ0n) is 13.4. The number of amides is 2. The molecule has 0 bridgehead atoms. The molecule has 0 aliphatic carbocycles. The lowest BCUT2D eigenvalue weighted by atomic mass is 10.1. The molecule has 1 aromatic heterocycles. The molecule has 0 spiro atoms. The molecule has 1 atom stereocenters. The quantitative estimate of drug-likeness (QED) is 0.945. The molecule has 2 heterocycles. The Bertz CT molecular complexity index is 766. The standard InChI is InChI=1S/C17H19N3O3/c1-10-4-5-14(11(2)6-10)18-17(22)13-8-16(21)20(9-13)15-7-12(3)23-19-15/h4-7,13H,8-9H2,1-3H3,(H,18,22). The van der Waals surface area contributed by atoms with Gasteiger partial charge in [0.2, 0.25) is 11.8 Å². The number of carbonyl (C=O) groups is 2. The molecule has 1 aliphatic heterocycles. The van der Waals surface area contributed by atoms with Gasteiger partial charge in [-0.2, -0.15) is 0 Å². The molecule has 2 aromatic rings. The lowest BCUT2D eigenvalue weighted by Crippen LogP contribution is -2.28. The average Bonchev–Trinajstić information content (AvgIpc) is 3.08. The normalized spacial score (nSPS) is 17.6. The van der Waals surface area contributed by atoms with Crippen LogP contribution in [0.5, 0.6) is 0 Å². The van der Waals surface area contributed by atoms with E-state index in [9.17, 15) is 9.59 Å². The van der Waals surface area contributed by atoms with E-state index in [1.807, 2.05) is 32.0 Å². The van der Waals surface area contributed by atoms with Gasteiger partial charge in [0.1, 0.15) is 5.76 Å². The van der Waals surface area contributed by atoms with Crippen molar-refractivity contribution in [2.24, 2.45) is 5.92 Å². The Morgan fingerprint density at radius 1 is 1.30 bits per heavy atom. The van der Waals surface area contributed by atoms with Gasteiger partial charge in [0.15, 0.2) is 5.82 Å². The van der Waals surface area contributed by atoms with Gasteiger partial charge in [0.25, 0.3) is 0 Å². The zero-order valence-corrected chi connectivity index (χ0v) is 13.4. The molecule has 1 aromatic carbocycles. The number of anilines is 2. The van der Waals surface area contributed by atoms with Gasteiger partial charge in [-0.1, -0.05) is 22.9 Å². The van der Waals surface area contributed by atoms with Crippen LogP contribution in [0.25, 0.3) is 0 Å². The highest BCUT2D eigenvalue weighted by Crippen LogP contribution is 2.26. The van der Waals surface area contributed by atoms with Gasteiger partial charge in [0.05, 0.1) is 5.92 Å². The minimum Gasteiger partial charge on any atom is -0.360 e. The minimum atomic E-state index is -0.389. The fourth-order valence-electron chi connectivity index (χ4n) is 2.77. The molecule has 1 aliphatic rings. The first-order valence-electron chi connectivity index (χ1n) is 7.56. The number of aromatic nitrogens is 1. The van der Waals surface area contributed by atoms with E-state index < -0.39 is 0 Å². The number of carbonyl (C=O) groups excluding carboxylic acids is 2. The molecule has 23 heavy (non-hydrogen) atoms. The number of nitrogens with one attached hydrogen (secondary N) is 1. The summed E-state index contributed by atoms with van der Waals surface area (Å²) in [6.07, 6.45) is 0.183. The summed E-state index contributed by atoms with van der Waals surface area (Å²) < 4.78 is 5.00. The van der Waals surface area contributed by atoms with Crippen molar-refractivity contribution in [3.05, 3.63) is 41.2 Å². The van der Waals surface area contributed by atoms with Gasteiger partial charge in [-0.25, -0.2) is 0 Å². The van der Waals surface area contributed by atoms with Crippen LogP contribution in [0.2, 0.25) is 0 Å². The summed E-state index contributed by atoms with van der Waals surface area (Å²) in [5.74, 6) is 0.456. The van der Waals surface area contributed by atoms with Crippen LogP contribution < -0.4 is 10.2 Å². The number of nitrogens with zero attached hydrogens (tertiary/aromatic N) is 2. The maximum atomic E-state index is 12.4. The van der Waals surface area contributed by atoms with Crippen molar-refractivity contribution in [1.29, 1.82) is 0 Å². The third kappa shape index (κ3) is 3.11. The van der Waals surface area contributed by atoms with E-state index in [4.69, 9.17) is 4.52 Å². The van der Waals surface area contributed by atoms with Gasteiger partial charge < -0.3 is 9.84 Å². The number of rotatable bonds is 3. The van der Waals surface area contributed by atoms with E-state index in [0.29, 0.717) is 18.1 Å². The largest absolute Gasteiger partial charge is 0.360 e. The molecule has 2 amide bonds. The first kappa shape index (κ1) is 15.3. The topological polar surface area (TPSA) is 75.4 Å². The first-order chi connectivity index (χ1) is 10.9. The molecular formula is C17H19N3O3. The Morgan fingerprint density at radius 2 is 2.09 bits per heavy atom. The van der Waals surface area contributed by atoms with Crippen LogP contribution in [0.1, 0.15) is 23.3 Å². The van der Waals surface area contributed by atoms with E-state index in [1.165, 1.54) is 4.90 Å². The van der Waals surface area contributed by atoms with E-state index >= 15 is 0 Å². The second kappa shape index (κ2) is 5.87. The third-order valence-electron chi connectivity index (χ3n) is 4.03. The van der Waals surface area contributed by atoms with Crippen LogP contribution in [0, 0.1) is 26.7 Å². The summed E-state index contributed by atoms with van der Waals surface area (Å²) >= 11 is 0. The van der Waals surface area contributed by atoms with Crippen LogP contribution >= 0.6 is 0 Å². The summed E-state index contributed by atoms with van der Waals surface area (Å²) in [5, 5.41) is 6.76. The van der Waals surface area contributed by atoms with E-state index in [1.54, 1.807) is 13.0 Å². The van der Waals surface area contributed by atoms with E-state index in [-0.39, 0.29) is 24.2 Å². The van der Waals surface area contributed by atoms with Gasteiger partial charge in [0, 0.05) is 24.7 Å². The average molecular weight is 313 g/mol. The summed E-state index contributed by atoms with van der Waals surface area (Å²) in [7, 11) is 0. The zero-order chi connectivity index (χ0) is 16.6. The Kier molecular flexibility index (Phi) is 3.90. The van der Waals surface area contributed by atoms with Crippen molar-refractivity contribution in [2.75, 3.05) is 16.8 Å². The predicted octanol–water partition coefficient (Wildman–Crippen LogP) is 2.59. The Morgan fingerprint density at radius 3 is 2.74 bits per heavy atom. The number of benzene rings is 1. The second-order valence-corrected chi connectivity index (χ2v) is 6.01. The van der Waals surface area contributed by atoms with Crippen LogP contribution in [-0.4, -0.2) is 23.5 Å².